The summed E-state index contributed by atoms with van der Waals surface area (Å²) in [6, 6.07) is 15.4. The van der Waals surface area contributed by atoms with Crippen LogP contribution in [0.3, 0.4) is 0 Å². The summed E-state index contributed by atoms with van der Waals surface area (Å²) in [5.74, 6) is 0.526. The van der Waals surface area contributed by atoms with Crippen LogP contribution in [0.15, 0.2) is 59.2 Å². The van der Waals surface area contributed by atoms with Crippen LogP contribution in [0.25, 0.3) is 0 Å². The van der Waals surface area contributed by atoms with E-state index in [1.54, 1.807) is 16.9 Å². The highest BCUT2D eigenvalue weighted by Crippen LogP contribution is 2.25. The summed E-state index contributed by atoms with van der Waals surface area (Å²) in [5.41, 5.74) is 3.90. The van der Waals surface area contributed by atoms with Gasteiger partial charge in [0.05, 0.1) is 0 Å². The number of aromatic nitrogens is 2. The van der Waals surface area contributed by atoms with Crippen LogP contribution in [0.5, 0.6) is 5.75 Å². The molecule has 3 aromatic rings. The maximum Gasteiger partial charge on any atom is 0.276 e. The van der Waals surface area contributed by atoms with Crippen molar-refractivity contribution < 1.29 is 9.53 Å². The Morgan fingerprint density at radius 2 is 1.92 bits per heavy atom. The molecule has 2 aromatic carbocycles. The van der Waals surface area contributed by atoms with E-state index in [9.17, 15) is 4.79 Å². The molecule has 1 aliphatic rings. The number of carbonyl (C=O) groups is 1. The van der Waals surface area contributed by atoms with Crippen LogP contribution in [0.1, 0.15) is 28.0 Å². The highest BCUT2D eigenvalue weighted by atomic mass is 79.9. The Labute approximate surface area is 160 Å². The Morgan fingerprint density at radius 3 is 2.77 bits per heavy atom. The fourth-order valence-electron chi connectivity index (χ4n) is 3.07. The topological polar surface area (TPSA) is 56.2 Å². The van der Waals surface area contributed by atoms with Gasteiger partial charge in [0, 0.05) is 16.4 Å². The van der Waals surface area contributed by atoms with Crippen LogP contribution in [0.4, 0.5) is 5.69 Å². The molecule has 4 rings (SSSR count). The summed E-state index contributed by atoms with van der Waals surface area (Å²) in [6.07, 6.45) is 5.14. The summed E-state index contributed by atoms with van der Waals surface area (Å²) in [5, 5.41) is 7.20. The first-order valence-electron chi connectivity index (χ1n) is 8.52. The van der Waals surface area contributed by atoms with Gasteiger partial charge in [0.2, 0.25) is 0 Å². The maximum atomic E-state index is 12.4. The zero-order valence-corrected chi connectivity index (χ0v) is 15.7. The average Bonchev–Trinajstić information content (AvgIpc) is 3.30. The number of hydrogen-bond donors (Lipinski definition) is 1. The molecule has 0 unspecified atom stereocenters. The van der Waals surface area contributed by atoms with Crippen LogP contribution in [-0.2, 0) is 19.6 Å². The standard InChI is InChI=1S/C20H18BrN3O2/c21-16-5-8-18(9-6-16)26-13-24-11-10-19(23-24)20(25)22-17-7-4-14-2-1-3-15(14)12-17/h4-12H,1-3,13H2,(H,22,25). The molecule has 1 aromatic heterocycles. The van der Waals surface area contributed by atoms with Crippen molar-refractivity contribution >= 4 is 27.5 Å². The number of fused-ring (bicyclic) bond motifs is 1. The minimum atomic E-state index is -0.217. The van der Waals surface area contributed by atoms with Gasteiger partial charge in [0.15, 0.2) is 12.4 Å². The number of halogens is 1. The third-order valence-corrected chi connectivity index (χ3v) is 4.94. The largest absolute Gasteiger partial charge is 0.471 e. The van der Waals surface area contributed by atoms with Crippen LogP contribution in [0.2, 0.25) is 0 Å². The number of nitrogens with one attached hydrogen (secondary N) is 1. The Bertz CT molecular complexity index is 934. The minimum Gasteiger partial charge on any atom is -0.471 e. The van der Waals surface area contributed by atoms with E-state index in [2.05, 4.69) is 38.5 Å². The molecule has 0 atom stereocenters. The van der Waals surface area contributed by atoms with Gasteiger partial charge in [-0.2, -0.15) is 5.10 Å². The molecule has 132 valence electrons. The molecule has 1 amide bonds. The van der Waals surface area contributed by atoms with Crippen molar-refractivity contribution in [1.82, 2.24) is 9.78 Å². The van der Waals surface area contributed by atoms with Gasteiger partial charge in [0.25, 0.3) is 5.91 Å². The summed E-state index contributed by atoms with van der Waals surface area (Å²) in [7, 11) is 0. The highest BCUT2D eigenvalue weighted by Gasteiger charge is 2.14. The van der Waals surface area contributed by atoms with Crippen LogP contribution >= 0.6 is 15.9 Å². The van der Waals surface area contributed by atoms with E-state index in [1.807, 2.05) is 30.3 Å². The number of nitrogens with zero attached hydrogens (tertiary/aromatic N) is 2. The van der Waals surface area contributed by atoms with Crippen molar-refractivity contribution in [3.63, 3.8) is 0 Å². The number of anilines is 1. The zero-order valence-electron chi connectivity index (χ0n) is 14.1. The van der Waals surface area contributed by atoms with E-state index in [0.717, 1.165) is 28.8 Å². The molecule has 1 aliphatic carbocycles. The van der Waals surface area contributed by atoms with Crippen molar-refractivity contribution in [2.45, 2.75) is 26.0 Å². The van der Waals surface area contributed by atoms with Crippen molar-refractivity contribution in [1.29, 1.82) is 0 Å². The van der Waals surface area contributed by atoms with Crippen molar-refractivity contribution in [3.8, 4) is 5.75 Å². The van der Waals surface area contributed by atoms with Crippen LogP contribution in [-0.4, -0.2) is 15.7 Å². The Kier molecular flexibility index (Phi) is 4.75. The van der Waals surface area contributed by atoms with Gasteiger partial charge >= 0.3 is 0 Å². The lowest BCUT2D eigenvalue weighted by Crippen LogP contribution is -2.14. The SMILES string of the molecule is O=C(Nc1ccc2c(c1)CCC2)c1ccn(COc2ccc(Br)cc2)n1. The lowest BCUT2D eigenvalue weighted by atomic mass is 10.1. The summed E-state index contributed by atoms with van der Waals surface area (Å²) >= 11 is 3.39. The number of rotatable bonds is 5. The molecular weight excluding hydrogens is 394 g/mol. The van der Waals surface area contributed by atoms with Crippen LogP contribution in [0, 0.1) is 0 Å². The molecule has 1 heterocycles. The Morgan fingerprint density at radius 1 is 1.12 bits per heavy atom. The molecule has 0 bridgehead atoms. The third-order valence-electron chi connectivity index (χ3n) is 4.41. The van der Waals surface area contributed by atoms with Gasteiger partial charge in [-0.25, -0.2) is 4.68 Å². The van der Waals surface area contributed by atoms with E-state index in [1.165, 1.54) is 17.5 Å². The van der Waals surface area contributed by atoms with Crippen LogP contribution < -0.4 is 10.1 Å². The summed E-state index contributed by atoms with van der Waals surface area (Å²) in [6.45, 7) is 0.244. The average molecular weight is 412 g/mol. The van der Waals surface area contributed by atoms with Gasteiger partial charge in [0.1, 0.15) is 5.75 Å². The first-order valence-corrected chi connectivity index (χ1v) is 9.32. The second kappa shape index (κ2) is 7.33. The fraction of sp³-hybridized carbons (Fsp3) is 0.200. The minimum absolute atomic E-state index is 0.217. The van der Waals surface area contributed by atoms with E-state index < -0.39 is 0 Å². The van der Waals surface area contributed by atoms with Crippen molar-refractivity contribution in [2.75, 3.05) is 5.32 Å². The lowest BCUT2D eigenvalue weighted by molar-refractivity contribution is 0.102. The molecule has 0 fully saturated rings. The molecule has 0 saturated heterocycles. The molecule has 1 N–H and O–H groups in total. The number of carbonyl (C=O) groups excluding carboxylic acids is 1. The quantitative estimate of drug-likeness (QED) is 0.675. The molecule has 26 heavy (non-hydrogen) atoms. The van der Waals surface area contributed by atoms with Crippen molar-refractivity contribution in [3.05, 3.63) is 76.0 Å². The second-order valence-electron chi connectivity index (χ2n) is 6.26. The lowest BCUT2D eigenvalue weighted by Gasteiger charge is -2.07. The van der Waals surface area contributed by atoms with Gasteiger partial charge in [-0.15, -0.1) is 0 Å². The Hall–Kier alpha value is -2.60. The number of amides is 1. The molecule has 5 nitrogen and oxygen atoms in total. The number of hydrogen-bond acceptors (Lipinski definition) is 3. The molecule has 0 aliphatic heterocycles. The summed E-state index contributed by atoms with van der Waals surface area (Å²) < 4.78 is 8.25. The van der Waals surface area contributed by atoms with Gasteiger partial charge in [-0.05, 0) is 72.9 Å². The second-order valence-corrected chi connectivity index (χ2v) is 7.17. The number of benzene rings is 2. The smallest absolute Gasteiger partial charge is 0.276 e. The van der Waals surface area contributed by atoms with E-state index in [0.29, 0.717) is 5.69 Å². The molecule has 6 heteroatoms. The third kappa shape index (κ3) is 3.80. The van der Waals surface area contributed by atoms with Gasteiger partial charge < -0.3 is 10.1 Å². The van der Waals surface area contributed by atoms with Gasteiger partial charge in [-0.1, -0.05) is 22.0 Å². The fourth-order valence-corrected chi connectivity index (χ4v) is 3.34. The normalized spacial score (nSPS) is 12.7. The van der Waals surface area contributed by atoms with Crippen molar-refractivity contribution in [2.24, 2.45) is 0 Å². The molecule has 0 radical (unpaired) electrons. The highest BCUT2D eigenvalue weighted by molar-refractivity contribution is 9.10. The maximum absolute atomic E-state index is 12.4. The Balaban J connectivity index is 1.37. The first-order chi connectivity index (χ1) is 12.7. The van der Waals surface area contributed by atoms with Gasteiger partial charge in [-0.3, -0.25) is 4.79 Å². The molecular formula is C20H18BrN3O2. The predicted octanol–water partition coefficient (Wildman–Crippen LogP) is 4.42. The number of ether oxygens (including phenoxy) is 1. The van der Waals surface area contributed by atoms with E-state index >= 15 is 0 Å². The predicted molar refractivity (Wildman–Crippen MR) is 103 cm³/mol. The monoisotopic (exact) mass is 411 g/mol. The first kappa shape index (κ1) is 16.8. The van der Waals surface area contributed by atoms with E-state index in [-0.39, 0.29) is 12.6 Å². The molecule has 0 spiro atoms. The zero-order chi connectivity index (χ0) is 17.9. The van der Waals surface area contributed by atoms with E-state index in [4.69, 9.17) is 4.74 Å². The molecule has 0 saturated carbocycles. The number of aryl methyl sites for hydroxylation is 2. The summed E-state index contributed by atoms with van der Waals surface area (Å²) in [4.78, 5) is 12.4.